The topological polar surface area (TPSA) is 77.4 Å². The monoisotopic (exact) mass is 336 g/mol. The fourth-order valence-corrected chi connectivity index (χ4v) is 4.12. The lowest BCUT2D eigenvalue weighted by Crippen LogP contribution is -2.15. The number of benzene rings is 1. The van der Waals surface area contributed by atoms with Gasteiger partial charge in [-0.05, 0) is 32.9 Å². The fourth-order valence-electron chi connectivity index (χ4n) is 2.55. The van der Waals surface area contributed by atoms with E-state index in [0.717, 1.165) is 0 Å². The molecule has 0 amide bonds. The zero-order chi connectivity index (χ0) is 17.2. The Labute approximate surface area is 136 Å². The Morgan fingerprint density at radius 1 is 1.22 bits per heavy atom. The van der Waals surface area contributed by atoms with Crippen LogP contribution in [0.1, 0.15) is 28.7 Å². The third-order valence-electron chi connectivity index (χ3n) is 3.63. The molecular formula is C16H20N2O4S. The second-order valence-electron chi connectivity index (χ2n) is 5.14. The number of ether oxygens (including phenoxy) is 1. The minimum Gasteiger partial charge on any atom is -0.461 e. The van der Waals surface area contributed by atoms with Gasteiger partial charge in [0.05, 0.1) is 6.61 Å². The molecule has 7 heteroatoms. The Kier molecular flexibility index (Phi) is 4.79. The van der Waals surface area contributed by atoms with E-state index in [1.54, 1.807) is 62.7 Å². The van der Waals surface area contributed by atoms with Gasteiger partial charge in [0.15, 0.2) is 0 Å². The number of sulfonamides is 1. The lowest BCUT2D eigenvalue weighted by molar-refractivity contribution is 0.0514. The second-order valence-corrected chi connectivity index (χ2v) is 6.76. The number of anilines is 1. The molecule has 1 heterocycles. The van der Waals surface area contributed by atoms with Gasteiger partial charge in [-0.1, -0.05) is 18.2 Å². The summed E-state index contributed by atoms with van der Waals surface area (Å²) in [7, 11) is -2.15. The molecule has 0 unspecified atom stereocenters. The van der Waals surface area contributed by atoms with Crippen LogP contribution >= 0.6 is 0 Å². The molecule has 124 valence electrons. The summed E-state index contributed by atoms with van der Waals surface area (Å²) in [5, 5.41) is 0. The van der Waals surface area contributed by atoms with Crippen LogP contribution in [0.4, 0.5) is 5.69 Å². The van der Waals surface area contributed by atoms with Crippen LogP contribution in [0.5, 0.6) is 0 Å². The molecule has 1 aromatic carbocycles. The van der Waals surface area contributed by atoms with E-state index in [-0.39, 0.29) is 17.2 Å². The smallest absolute Gasteiger partial charge is 0.355 e. The van der Waals surface area contributed by atoms with Crippen LogP contribution in [0.25, 0.3) is 0 Å². The number of carbonyl (C=O) groups excluding carboxylic acids is 1. The highest BCUT2D eigenvalue weighted by Crippen LogP contribution is 2.28. The third kappa shape index (κ3) is 3.24. The molecule has 0 saturated carbocycles. The maximum absolute atomic E-state index is 12.7. The van der Waals surface area contributed by atoms with Crippen LogP contribution in [0.2, 0.25) is 0 Å². The third-order valence-corrected chi connectivity index (χ3v) is 5.27. The van der Waals surface area contributed by atoms with Crippen molar-refractivity contribution >= 4 is 21.7 Å². The minimum atomic E-state index is -3.80. The Hall–Kier alpha value is -2.28. The van der Waals surface area contributed by atoms with E-state index in [4.69, 9.17) is 4.74 Å². The van der Waals surface area contributed by atoms with E-state index in [2.05, 4.69) is 4.72 Å². The highest BCUT2D eigenvalue weighted by atomic mass is 32.2. The zero-order valence-electron chi connectivity index (χ0n) is 13.6. The van der Waals surface area contributed by atoms with Crippen LogP contribution in [-0.2, 0) is 21.8 Å². The quantitative estimate of drug-likeness (QED) is 0.852. The highest BCUT2D eigenvalue weighted by Gasteiger charge is 2.29. The molecule has 0 aliphatic heterocycles. The SMILES string of the molecule is CCOC(=O)c1c(C)c(S(=O)(=O)Nc2ccccc2)c(C)n1C. The maximum atomic E-state index is 12.7. The molecule has 6 nitrogen and oxygen atoms in total. The molecule has 0 radical (unpaired) electrons. The van der Waals surface area contributed by atoms with Crippen molar-refractivity contribution in [2.75, 3.05) is 11.3 Å². The van der Waals surface area contributed by atoms with Crippen molar-refractivity contribution in [3.05, 3.63) is 47.3 Å². The number of nitrogens with one attached hydrogen (secondary N) is 1. The number of aromatic nitrogens is 1. The lowest BCUT2D eigenvalue weighted by atomic mass is 10.2. The molecule has 0 atom stereocenters. The molecule has 0 spiro atoms. The Morgan fingerprint density at radius 3 is 2.39 bits per heavy atom. The normalized spacial score (nSPS) is 11.3. The van der Waals surface area contributed by atoms with Gasteiger partial charge < -0.3 is 9.30 Å². The van der Waals surface area contributed by atoms with E-state index in [0.29, 0.717) is 16.9 Å². The van der Waals surface area contributed by atoms with Gasteiger partial charge in [0, 0.05) is 24.0 Å². The van der Waals surface area contributed by atoms with Gasteiger partial charge in [0.1, 0.15) is 10.6 Å². The van der Waals surface area contributed by atoms with E-state index in [1.165, 1.54) is 0 Å². The summed E-state index contributed by atoms with van der Waals surface area (Å²) < 4.78 is 34.5. The van der Waals surface area contributed by atoms with Crippen molar-refractivity contribution in [1.82, 2.24) is 4.57 Å². The summed E-state index contributed by atoms with van der Waals surface area (Å²) in [6.45, 7) is 5.21. The molecule has 1 N–H and O–H groups in total. The number of para-hydroxylation sites is 1. The second kappa shape index (κ2) is 6.45. The molecular weight excluding hydrogens is 316 g/mol. The summed E-state index contributed by atoms with van der Waals surface area (Å²) in [6.07, 6.45) is 0. The largest absolute Gasteiger partial charge is 0.461 e. The first-order chi connectivity index (χ1) is 10.8. The average molecular weight is 336 g/mol. The Bertz CT molecular complexity index is 824. The Morgan fingerprint density at radius 2 is 1.83 bits per heavy atom. The zero-order valence-corrected chi connectivity index (χ0v) is 14.4. The molecule has 2 aromatic rings. The molecule has 0 aliphatic carbocycles. The average Bonchev–Trinajstić information content (AvgIpc) is 2.70. The van der Waals surface area contributed by atoms with Crippen molar-refractivity contribution in [1.29, 1.82) is 0 Å². The molecule has 1 aromatic heterocycles. The van der Waals surface area contributed by atoms with E-state index >= 15 is 0 Å². The Balaban J connectivity index is 2.51. The predicted octanol–water partition coefficient (Wildman–Crippen LogP) is 2.62. The minimum absolute atomic E-state index is 0.104. The van der Waals surface area contributed by atoms with E-state index in [1.807, 2.05) is 0 Å². The van der Waals surface area contributed by atoms with Crippen LogP contribution < -0.4 is 4.72 Å². The summed E-state index contributed by atoms with van der Waals surface area (Å²) >= 11 is 0. The van der Waals surface area contributed by atoms with Gasteiger partial charge in [0.2, 0.25) is 0 Å². The van der Waals surface area contributed by atoms with Gasteiger partial charge in [-0.15, -0.1) is 0 Å². The van der Waals surface area contributed by atoms with Crippen LogP contribution in [0.15, 0.2) is 35.2 Å². The number of carbonyl (C=O) groups is 1. The molecule has 0 fully saturated rings. The van der Waals surface area contributed by atoms with Crippen molar-refractivity contribution in [2.24, 2.45) is 7.05 Å². The standard InChI is InChI=1S/C16H20N2O4S/c1-5-22-16(19)14-11(2)15(12(3)18(14)4)23(20,21)17-13-9-7-6-8-10-13/h6-10,17H,5H2,1-4H3. The van der Waals surface area contributed by atoms with Crippen molar-refractivity contribution in [3.8, 4) is 0 Å². The molecule has 0 aliphatic rings. The van der Waals surface area contributed by atoms with Crippen LogP contribution in [-0.4, -0.2) is 25.6 Å². The van der Waals surface area contributed by atoms with Gasteiger partial charge in [-0.3, -0.25) is 4.72 Å². The van der Waals surface area contributed by atoms with E-state index < -0.39 is 16.0 Å². The van der Waals surface area contributed by atoms with Crippen molar-refractivity contribution in [2.45, 2.75) is 25.7 Å². The molecule has 2 rings (SSSR count). The number of hydrogen-bond donors (Lipinski definition) is 1. The predicted molar refractivity (Wildman–Crippen MR) is 88.1 cm³/mol. The van der Waals surface area contributed by atoms with Crippen LogP contribution in [0.3, 0.4) is 0 Å². The number of nitrogens with zero attached hydrogens (tertiary/aromatic N) is 1. The van der Waals surface area contributed by atoms with Gasteiger partial charge in [-0.2, -0.15) is 0 Å². The van der Waals surface area contributed by atoms with Crippen LogP contribution in [0, 0.1) is 13.8 Å². The highest BCUT2D eigenvalue weighted by molar-refractivity contribution is 7.92. The number of hydrogen-bond acceptors (Lipinski definition) is 4. The molecule has 23 heavy (non-hydrogen) atoms. The first-order valence-corrected chi connectivity index (χ1v) is 8.68. The van der Waals surface area contributed by atoms with E-state index in [9.17, 15) is 13.2 Å². The first-order valence-electron chi connectivity index (χ1n) is 7.20. The van der Waals surface area contributed by atoms with Crippen molar-refractivity contribution in [3.63, 3.8) is 0 Å². The van der Waals surface area contributed by atoms with Gasteiger partial charge >= 0.3 is 5.97 Å². The summed E-state index contributed by atoms with van der Waals surface area (Å²) in [4.78, 5) is 12.2. The van der Waals surface area contributed by atoms with Crippen molar-refractivity contribution < 1.29 is 17.9 Å². The maximum Gasteiger partial charge on any atom is 0.355 e. The van der Waals surface area contributed by atoms with Gasteiger partial charge in [-0.25, -0.2) is 13.2 Å². The van der Waals surface area contributed by atoms with Gasteiger partial charge in [0.25, 0.3) is 10.0 Å². The lowest BCUT2D eigenvalue weighted by Gasteiger charge is -2.09. The first kappa shape index (κ1) is 17.1. The summed E-state index contributed by atoms with van der Waals surface area (Å²) in [5.74, 6) is -0.531. The summed E-state index contributed by atoms with van der Waals surface area (Å²) in [6, 6.07) is 8.61. The number of esters is 1. The molecule has 0 saturated heterocycles. The fraction of sp³-hybridized carbons (Fsp3) is 0.312. The molecule has 0 bridgehead atoms. The summed E-state index contributed by atoms with van der Waals surface area (Å²) in [5.41, 5.74) is 1.58. The number of rotatable bonds is 5.